The number of anilines is 1. The summed E-state index contributed by atoms with van der Waals surface area (Å²) in [6, 6.07) is 8.32. The van der Waals surface area contributed by atoms with Crippen LogP contribution in [-0.4, -0.2) is 69.4 Å². The summed E-state index contributed by atoms with van der Waals surface area (Å²) in [5, 5.41) is 16.6. The second-order valence-electron chi connectivity index (χ2n) is 9.35. The lowest BCUT2D eigenvalue weighted by atomic mass is 10.1. The Morgan fingerprint density at radius 1 is 1.29 bits per heavy atom. The van der Waals surface area contributed by atoms with Crippen molar-refractivity contribution in [2.24, 2.45) is 0 Å². The highest BCUT2D eigenvalue weighted by Crippen LogP contribution is 2.21. The Hall–Kier alpha value is -3.66. The van der Waals surface area contributed by atoms with E-state index in [0.717, 1.165) is 43.9 Å². The van der Waals surface area contributed by atoms with Crippen molar-refractivity contribution in [3.63, 3.8) is 0 Å². The van der Waals surface area contributed by atoms with E-state index in [1.807, 2.05) is 13.0 Å². The van der Waals surface area contributed by atoms with Crippen LogP contribution < -0.4 is 10.6 Å². The molecular formula is C28H31ClN6O3. The van der Waals surface area contributed by atoms with Crippen molar-refractivity contribution in [2.75, 3.05) is 38.2 Å². The predicted octanol–water partition coefficient (Wildman–Crippen LogP) is 3.65. The first-order valence-corrected chi connectivity index (χ1v) is 13.0. The Morgan fingerprint density at radius 2 is 2.13 bits per heavy atom. The van der Waals surface area contributed by atoms with E-state index in [9.17, 15) is 9.90 Å². The normalized spacial score (nSPS) is 18.1. The van der Waals surface area contributed by atoms with E-state index in [4.69, 9.17) is 21.3 Å². The van der Waals surface area contributed by atoms with Crippen LogP contribution in [0.5, 0.6) is 0 Å². The zero-order chi connectivity index (χ0) is 26.5. The van der Waals surface area contributed by atoms with Crippen molar-refractivity contribution >= 4 is 23.5 Å². The summed E-state index contributed by atoms with van der Waals surface area (Å²) in [4.78, 5) is 24.5. The number of carbonyl (C=O) groups is 1. The number of hydrogen-bond donors (Lipinski definition) is 3. The maximum Gasteiger partial charge on any atom is 0.253 e. The minimum atomic E-state index is -0.567. The molecule has 10 heteroatoms. The Labute approximate surface area is 226 Å². The van der Waals surface area contributed by atoms with Crippen LogP contribution in [0.1, 0.15) is 33.9 Å². The number of aliphatic hydroxyl groups is 1. The Bertz CT molecular complexity index is 1350. The van der Waals surface area contributed by atoms with Gasteiger partial charge in [0.05, 0.1) is 37.5 Å². The minimum Gasteiger partial charge on any atom is -0.394 e. The van der Waals surface area contributed by atoms with Crippen LogP contribution >= 0.6 is 11.6 Å². The van der Waals surface area contributed by atoms with Crippen LogP contribution in [0.15, 0.2) is 72.8 Å². The number of hydrogen-bond acceptors (Lipinski definition) is 7. The molecule has 0 spiro atoms. The van der Waals surface area contributed by atoms with Gasteiger partial charge in [-0.3, -0.25) is 4.79 Å². The molecule has 3 heterocycles. The van der Waals surface area contributed by atoms with Crippen LogP contribution in [0.2, 0.25) is 5.02 Å². The first-order chi connectivity index (χ1) is 18.5. The maximum atomic E-state index is 12.9. The number of nitrogens with zero attached hydrogens (tertiary/aromatic N) is 4. The molecule has 2 atom stereocenters. The number of carbonyl (C=O) groups excluding carboxylic acids is 1. The second kappa shape index (κ2) is 11.8. The van der Waals surface area contributed by atoms with Crippen LogP contribution in [0.3, 0.4) is 0 Å². The van der Waals surface area contributed by atoms with E-state index in [2.05, 4.69) is 38.7 Å². The van der Waals surface area contributed by atoms with Gasteiger partial charge >= 0.3 is 0 Å². The van der Waals surface area contributed by atoms with Gasteiger partial charge in [-0.1, -0.05) is 35.9 Å². The standard InChI is InChI=1S/C28H31ClN6O3/c1-19-16-30-28(31-23-5-7-24(8-6-23)34-11-13-38-14-12-34)33-26(19)35-10-9-21(17-35)27(37)32-25(18-36)20-3-2-4-22(29)15-20/h2-5,7-10,15-17,23,25,36H,6,11-14,18H2,1H3,(H,32,37)(H,30,31,33). The number of ether oxygens (including phenoxy) is 1. The molecule has 0 saturated carbocycles. The SMILES string of the molecule is Cc1cnc(NC2C=CC(N3CCOCC3)=CC2)nc1-n1ccc(C(=O)NC(CO)c2cccc(Cl)c2)c1. The number of halogens is 1. The van der Waals surface area contributed by atoms with Gasteiger partial charge in [-0.2, -0.15) is 4.98 Å². The van der Waals surface area contributed by atoms with Crippen molar-refractivity contribution in [1.82, 2.24) is 24.8 Å². The van der Waals surface area contributed by atoms with Crippen molar-refractivity contribution < 1.29 is 14.6 Å². The molecule has 1 aliphatic heterocycles. The molecular weight excluding hydrogens is 504 g/mol. The van der Waals surface area contributed by atoms with Crippen molar-refractivity contribution in [3.8, 4) is 5.82 Å². The molecule has 1 aliphatic carbocycles. The molecule has 2 aliphatic rings. The third kappa shape index (κ3) is 6.07. The molecule has 3 aromatic rings. The number of aryl methyl sites for hydroxylation is 1. The van der Waals surface area contributed by atoms with E-state index >= 15 is 0 Å². The van der Waals surface area contributed by atoms with E-state index in [1.54, 1.807) is 47.4 Å². The number of rotatable bonds is 8. The van der Waals surface area contributed by atoms with Crippen molar-refractivity contribution in [2.45, 2.75) is 25.4 Å². The highest BCUT2D eigenvalue weighted by atomic mass is 35.5. The van der Waals surface area contributed by atoms with E-state index in [0.29, 0.717) is 22.4 Å². The van der Waals surface area contributed by atoms with Crippen LogP contribution in [0.25, 0.3) is 5.82 Å². The van der Waals surface area contributed by atoms with Gasteiger partial charge in [0.2, 0.25) is 5.95 Å². The van der Waals surface area contributed by atoms with Gasteiger partial charge in [0.15, 0.2) is 0 Å². The van der Waals surface area contributed by atoms with Gasteiger partial charge < -0.3 is 29.9 Å². The molecule has 5 rings (SSSR count). The number of morpholine rings is 1. The first kappa shape index (κ1) is 26.0. The number of amides is 1. The molecule has 1 aromatic carbocycles. The molecule has 9 nitrogen and oxygen atoms in total. The minimum absolute atomic E-state index is 0.0863. The third-order valence-corrected chi connectivity index (χ3v) is 6.89. The van der Waals surface area contributed by atoms with Crippen molar-refractivity contribution in [1.29, 1.82) is 0 Å². The zero-order valence-electron chi connectivity index (χ0n) is 21.2. The summed E-state index contributed by atoms with van der Waals surface area (Å²) in [5.74, 6) is 0.895. The highest BCUT2D eigenvalue weighted by Gasteiger charge is 2.19. The lowest BCUT2D eigenvalue weighted by Crippen LogP contribution is -2.36. The molecule has 2 unspecified atom stereocenters. The smallest absolute Gasteiger partial charge is 0.253 e. The lowest BCUT2D eigenvalue weighted by molar-refractivity contribution is 0.0551. The zero-order valence-corrected chi connectivity index (χ0v) is 21.9. The fourth-order valence-electron chi connectivity index (χ4n) is 4.56. The number of benzene rings is 1. The van der Waals surface area contributed by atoms with E-state index in [1.165, 1.54) is 5.70 Å². The second-order valence-corrected chi connectivity index (χ2v) is 9.78. The summed E-state index contributed by atoms with van der Waals surface area (Å²) in [6.07, 6.45) is 12.6. The predicted molar refractivity (Wildman–Crippen MR) is 146 cm³/mol. The van der Waals surface area contributed by atoms with Gasteiger partial charge in [-0.15, -0.1) is 0 Å². The molecule has 2 aromatic heterocycles. The third-order valence-electron chi connectivity index (χ3n) is 6.65. The monoisotopic (exact) mass is 534 g/mol. The van der Waals surface area contributed by atoms with Gasteiger partial charge in [0.25, 0.3) is 5.91 Å². The highest BCUT2D eigenvalue weighted by molar-refractivity contribution is 6.30. The van der Waals surface area contributed by atoms with Crippen LogP contribution in [0, 0.1) is 6.92 Å². The number of nitrogens with one attached hydrogen (secondary N) is 2. The van der Waals surface area contributed by atoms with Gasteiger partial charge in [0.1, 0.15) is 5.82 Å². The molecule has 1 amide bonds. The molecule has 1 saturated heterocycles. The Morgan fingerprint density at radius 3 is 2.87 bits per heavy atom. The summed E-state index contributed by atoms with van der Waals surface area (Å²) >= 11 is 6.07. The Balaban J connectivity index is 1.25. The number of aliphatic hydroxyl groups excluding tert-OH is 1. The van der Waals surface area contributed by atoms with Crippen molar-refractivity contribution in [3.05, 3.63) is 94.6 Å². The topological polar surface area (TPSA) is 105 Å². The molecule has 0 bridgehead atoms. The Kier molecular flexibility index (Phi) is 8.07. The summed E-state index contributed by atoms with van der Waals surface area (Å²) in [6.45, 7) is 5.04. The fourth-order valence-corrected chi connectivity index (χ4v) is 4.76. The fraction of sp³-hybridized carbons (Fsp3) is 0.321. The molecule has 38 heavy (non-hydrogen) atoms. The van der Waals surface area contributed by atoms with E-state index < -0.39 is 6.04 Å². The quantitative estimate of drug-likeness (QED) is 0.405. The summed E-state index contributed by atoms with van der Waals surface area (Å²) in [5.41, 5.74) is 3.29. The molecule has 198 valence electrons. The maximum absolute atomic E-state index is 12.9. The van der Waals surface area contributed by atoms with Gasteiger partial charge in [-0.25, -0.2) is 4.98 Å². The molecule has 0 radical (unpaired) electrons. The lowest BCUT2D eigenvalue weighted by Gasteiger charge is -2.31. The average Bonchev–Trinajstić information content (AvgIpc) is 3.44. The molecule has 3 N–H and O–H groups in total. The average molecular weight is 535 g/mol. The molecule has 1 fully saturated rings. The largest absolute Gasteiger partial charge is 0.394 e. The van der Waals surface area contributed by atoms with Crippen LogP contribution in [-0.2, 0) is 4.74 Å². The van der Waals surface area contributed by atoms with Gasteiger partial charge in [0, 0.05) is 48.0 Å². The first-order valence-electron chi connectivity index (χ1n) is 12.7. The van der Waals surface area contributed by atoms with Crippen LogP contribution in [0.4, 0.5) is 5.95 Å². The number of allylic oxidation sites excluding steroid dienone is 1. The summed E-state index contributed by atoms with van der Waals surface area (Å²) in [7, 11) is 0. The number of aromatic nitrogens is 3. The van der Waals surface area contributed by atoms with Gasteiger partial charge in [-0.05, 0) is 43.2 Å². The van der Waals surface area contributed by atoms with E-state index in [-0.39, 0.29) is 18.6 Å². The summed E-state index contributed by atoms with van der Waals surface area (Å²) < 4.78 is 7.25.